The smallest absolute Gasteiger partial charge is 0.317 e. The minimum atomic E-state index is -0.912. The average molecular weight is 200 g/mol. The fraction of sp³-hybridized carbons (Fsp3) is 0.778. The number of carboxylic acids is 1. The van der Waals surface area contributed by atoms with Gasteiger partial charge in [-0.1, -0.05) is 6.42 Å². The summed E-state index contributed by atoms with van der Waals surface area (Å²) in [5.41, 5.74) is 5.03. The number of carbonyl (C=O) groups is 2. The van der Waals surface area contributed by atoms with E-state index in [0.717, 1.165) is 12.8 Å². The summed E-state index contributed by atoms with van der Waals surface area (Å²) in [5, 5.41) is 8.61. The van der Waals surface area contributed by atoms with Gasteiger partial charge in [0.05, 0.1) is 13.1 Å². The van der Waals surface area contributed by atoms with Gasteiger partial charge < -0.3 is 10.8 Å². The lowest BCUT2D eigenvalue weighted by atomic mass is 9.85. The van der Waals surface area contributed by atoms with Gasteiger partial charge in [-0.3, -0.25) is 14.5 Å². The second-order valence-corrected chi connectivity index (χ2v) is 3.83. The second kappa shape index (κ2) is 4.95. The molecule has 1 aliphatic carbocycles. The molecular formula is C9H16N2O3. The Hall–Kier alpha value is -1.10. The molecule has 0 unspecified atom stereocenters. The van der Waals surface area contributed by atoms with Gasteiger partial charge in [-0.25, -0.2) is 0 Å². The van der Waals surface area contributed by atoms with Crippen molar-refractivity contribution in [3.63, 3.8) is 0 Å². The van der Waals surface area contributed by atoms with Gasteiger partial charge in [-0.2, -0.15) is 0 Å². The van der Waals surface area contributed by atoms with Crippen LogP contribution in [-0.2, 0) is 9.59 Å². The van der Waals surface area contributed by atoms with Gasteiger partial charge in [-0.05, 0) is 18.8 Å². The van der Waals surface area contributed by atoms with Crippen molar-refractivity contribution in [3.8, 4) is 0 Å². The first-order valence-corrected chi connectivity index (χ1v) is 4.80. The van der Waals surface area contributed by atoms with Crippen LogP contribution in [0.2, 0.25) is 0 Å². The highest BCUT2D eigenvalue weighted by atomic mass is 16.4. The highest BCUT2D eigenvalue weighted by molar-refractivity contribution is 5.77. The number of hydrogen-bond donors (Lipinski definition) is 2. The van der Waals surface area contributed by atoms with Crippen molar-refractivity contribution >= 4 is 11.9 Å². The molecule has 0 atom stereocenters. The quantitative estimate of drug-likeness (QED) is 0.614. The van der Waals surface area contributed by atoms with Gasteiger partial charge in [0.25, 0.3) is 0 Å². The molecule has 0 bridgehead atoms. The summed E-state index contributed by atoms with van der Waals surface area (Å²) >= 11 is 0. The third-order valence-corrected chi connectivity index (χ3v) is 2.48. The zero-order chi connectivity index (χ0) is 10.6. The zero-order valence-electron chi connectivity index (χ0n) is 8.11. The molecule has 0 heterocycles. The first kappa shape index (κ1) is 11.0. The van der Waals surface area contributed by atoms with E-state index in [2.05, 4.69) is 0 Å². The number of rotatable bonds is 6. The molecule has 0 aromatic heterocycles. The standard InChI is InChI=1S/C9H16N2O3/c10-8(12)5-11(6-9(13)14)4-7-2-1-3-7/h7H,1-6H2,(H2,10,12)(H,13,14). The molecule has 80 valence electrons. The van der Waals surface area contributed by atoms with Crippen LogP contribution in [0.15, 0.2) is 0 Å². The molecule has 5 heteroatoms. The minimum Gasteiger partial charge on any atom is -0.480 e. The molecule has 5 nitrogen and oxygen atoms in total. The highest BCUT2D eigenvalue weighted by Crippen LogP contribution is 2.26. The average Bonchev–Trinajstić information content (AvgIpc) is 1.94. The van der Waals surface area contributed by atoms with E-state index >= 15 is 0 Å². The first-order valence-electron chi connectivity index (χ1n) is 4.80. The van der Waals surface area contributed by atoms with Crippen LogP contribution in [0.5, 0.6) is 0 Å². The molecule has 14 heavy (non-hydrogen) atoms. The molecule has 1 rings (SSSR count). The molecule has 1 aliphatic rings. The van der Waals surface area contributed by atoms with Crippen molar-refractivity contribution in [2.45, 2.75) is 19.3 Å². The van der Waals surface area contributed by atoms with Crippen LogP contribution in [0.1, 0.15) is 19.3 Å². The lowest BCUT2D eigenvalue weighted by Gasteiger charge is -2.30. The maximum atomic E-state index is 10.7. The maximum absolute atomic E-state index is 10.7. The van der Waals surface area contributed by atoms with E-state index in [1.165, 1.54) is 6.42 Å². The Kier molecular flexibility index (Phi) is 3.88. The van der Waals surface area contributed by atoms with Crippen LogP contribution < -0.4 is 5.73 Å². The number of aliphatic carboxylic acids is 1. The molecular weight excluding hydrogens is 184 g/mol. The molecule has 1 fully saturated rings. The number of nitrogens with zero attached hydrogens (tertiary/aromatic N) is 1. The van der Waals surface area contributed by atoms with Gasteiger partial charge in [0, 0.05) is 6.54 Å². The van der Waals surface area contributed by atoms with Crippen molar-refractivity contribution in [2.75, 3.05) is 19.6 Å². The monoisotopic (exact) mass is 200 g/mol. The van der Waals surface area contributed by atoms with E-state index in [1.54, 1.807) is 4.90 Å². The van der Waals surface area contributed by atoms with Crippen molar-refractivity contribution in [3.05, 3.63) is 0 Å². The van der Waals surface area contributed by atoms with Crippen molar-refractivity contribution < 1.29 is 14.7 Å². The Morgan fingerprint density at radius 2 is 2.00 bits per heavy atom. The molecule has 0 spiro atoms. The lowest BCUT2D eigenvalue weighted by Crippen LogP contribution is -2.41. The minimum absolute atomic E-state index is 0.0444. The summed E-state index contributed by atoms with van der Waals surface area (Å²) in [5.74, 6) is -0.829. The van der Waals surface area contributed by atoms with Crippen LogP contribution in [-0.4, -0.2) is 41.5 Å². The summed E-state index contributed by atoms with van der Waals surface area (Å²) in [7, 11) is 0. The van der Waals surface area contributed by atoms with E-state index in [4.69, 9.17) is 10.8 Å². The summed E-state index contributed by atoms with van der Waals surface area (Å²) in [4.78, 5) is 22.8. The topological polar surface area (TPSA) is 83.6 Å². The van der Waals surface area contributed by atoms with E-state index < -0.39 is 11.9 Å². The summed E-state index contributed by atoms with van der Waals surface area (Å²) in [6.45, 7) is 0.622. The van der Waals surface area contributed by atoms with Crippen molar-refractivity contribution in [1.82, 2.24) is 4.90 Å². The summed E-state index contributed by atoms with van der Waals surface area (Å²) in [6, 6.07) is 0. The largest absolute Gasteiger partial charge is 0.480 e. The summed E-state index contributed by atoms with van der Waals surface area (Å²) < 4.78 is 0. The number of carboxylic acid groups (broad SMARTS) is 1. The molecule has 0 aliphatic heterocycles. The Labute approximate surface area is 82.9 Å². The Balaban J connectivity index is 2.34. The van der Waals surface area contributed by atoms with Gasteiger partial charge in [0.2, 0.25) is 5.91 Å². The molecule has 1 amide bonds. The third kappa shape index (κ3) is 3.74. The molecule has 0 saturated heterocycles. The van der Waals surface area contributed by atoms with Gasteiger partial charge in [0.15, 0.2) is 0 Å². The zero-order valence-corrected chi connectivity index (χ0v) is 8.11. The fourth-order valence-electron chi connectivity index (χ4n) is 1.64. The molecule has 0 aromatic rings. The third-order valence-electron chi connectivity index (χ3n) is 2.48. The van der Waals surface area contributed by atoms with Gasteiger partial charge >= 0.3 is 5.97 Å². The number of amides is 1. The number of nitrogens with two attached hydrogens (primary N) is 1. The predicted molar refractivity (Wildman–Crippen MR) is 50.6 cm³/mol. The number of primary amides is 1. The Morgan fingerprint density at radius 3 is 2.36 bits per heavy atom. The molecule has 3 N–H and O–H groups in total. The van der Waals surface area contributed by atoms with Crippen LogP contribution in [0, 0.1) is 5.92 Å². The van der Waals surface area contributed by atoms with Crippen LogP contribution >= 0.6 is 0 Å². The number of carbonyl (C=O) groups excluding carboxylic acids is 1. The maximum Gasteiger partial charge on any atom is 0.317 e. The molecule has 0 radical (unpaired) electrons. The van der Waals surface area contributed by atoms with Crippen LogP contribution in [0.25, 0.3) is 0 Å². The summed E-state index contributed by atoms with van der Waals surface area (Å²) in [6.07, 6.45) is 3.48. The molecule has 0 aromatic carbocycles. The Morgan fingerprint density at radius 1 is 1.36 bits per heavy atom. The SMILES string of the molecule is NC(=O)CN(CC(=O)O)CC1CCC1. The first-order chi connectivity index (χ1) is 6.58. The fourth-order valence-corrected chi connectivity index (χ4v) is 1.64. The second-order valence-electron chi connectivity index (χ2n) is 3.83. The van der Waals surface area contributed by atoms with Gasteiger partial charge in [-0.15, -0.1) is 0 Å². The van der Waals surface area contributed by atoms with E-state index in [1.807, 2.05) is 0 Å². The predicted octanol–water partition coefficient (Wildman–Crippen LogP) is -0.342. The van der Waals surface area contributed by atoms with Crippen molar-refractivity contribution in [2.24, 2.45) is 11.7 Å². The van der Waals surface area contributed by atoms with Crippen molar-refractivity contribution in [1.29, 1.82) is 0 Å². The van der Waals surface area contributed by atoms with E-state index in [0.29, 0.717) is 12.5 Å². The van der Waals surface area contributed by atoms with Gasteiger partial charge in [0.1, 0.15) is 0 Å². The Bertz CT molecular complexity index is 210. The number of hydrogen-bond acceptors (Lipinski definition) is 3. The van der Waals surface area contributed by atoms with E-state index in [-0.39, 0.29) is 13.1 Å². The lowest BCUT2D eigenvalue weighted by molar-refractivity contribution is -0.138. The van der Waals surface area contributed by atoms with Crippen LogP contribution in [0.3, 0.4) is 0 Å². The molecule has 1 saturated carbocycles. The normalized spacial score (nSPS) is 16.6. The van der Waals surface area contributed by atoms with Crippen LogP contribution in [0.4, 0.5) is 0 Å². The highest BCUT2D eigenvalue weighted by Gasteiger charge is 2.22. The van der Waals surface area contributed by atoms with E-state index in [9.17, 15) is 9.59 Å².